The van der Waals surface area contributed by atoms with Gasteiger partial charge in [-0.3, -0.25) is 0 Å². The van der Waals surface area contributed by atoms with E-state index in [9.17, 15) is 4.39 Å². The SMILES string of the molecule is Fc1cccc(CCl)c1-c1cccs1. The summed E-state index contributed by atoms with van der Waals surface area (Å²) in [5.74, 6) is 0.135. The van der Waals surface area contributed by atoms with E-state index < -0.39 is 0 Å². The van der Waals surface area contributed by atoms with Crippen molar-refractivity contribution >= 4 is 22.9 Å². The molecule has 0 aliphatic heterocycles. The summed E-state index contributed by atoms with van der Waals surface area (Å²) < 4.78 is 13.5. The zero-order valence-electron chi connectivity index (χ0n) is 7.34. The van der Waals surface area contributed by atoms with Crippen LogP contribution in [0.3, 0.4) is 0 Å². The van der Waals surface area contributed by atoms with Crippen LogP contribution in [0.4, 0.5) is 4.39 Å². The first kappa shape index (κ1) is 9.69. The Hall–Kier alpha value is -0.860. The van der Waals surface area contributed by atoms with Crippen LogP contribution in [0.1, 0.15) is 5.56 Å². The van der Waals surface area contributed by atoms with E-state index in [1.54, 1.807) is 6.07 Å². The topological polar surface area (TPSA) is 0 Å². The molecule has 0 N–H and O–H groups in total. The summed E-state index contributed by atoms with van der Waals surface area (Å²) in [4.78, 5) is 0.929. The van der Waals surface area contributed by atoms with Gasteiger partial charge in [-0.15, -0.1) is 22.9 Å². The van der Waals surface area contributed by atoms with Crippen molar-refractivity contribution in [3.63, 3.8) is 0 Å². The number of hydrogen-bond acceptors (Lipinski definition) is 1. The van der Waals surface area contributed by atoms with Gasteiger partial charge in [0.15, 0.2) is 0 Å². The fraction of sp³-hybridized carbons (Fsp3) is 0.0909. The molecule has 2 aromatic rings. The fourth-order valence-electron chi connectivity index (χ4n) is 1.38. The first-order valence-corrected chi connectivity index (χ1v) is 5.61. The summed E-state index contributed by atoms with van der Waals surface area (Å²) in [7, 11) is 0. The van der Waals surface area contributed by atoms with Crippen molar-refractivity contribution in [3.05, 3.63) is 47.1 Å². The van der Waals surface area contributed by atoms with Gasteiger partial charge in [-0.1, -0.05) is 18.2 Å². The van der Waals surface area contributed by atoms with Gasteiger partial charge in [-0.05, 0) is 23.1 Å². The Kier molecular flexibility index (Phi) is 2.85. The van der Waals surface area contributed by atoms with E-state index in [1.165, 1.54) is 17.4 Å². The van der Waals surface area contributed by atoms with Crippen LogP contribution < -0.4 is 0 Å². The maximum atomic E-state index is 13.5. The number of halogens is 2. The summed E-state index contributed by atoms with van der Waals surface area (Å²) in [6, 6.07) is 8.81. The average Bonchev–Trinajstić information content (AvgIpc) is 2.70. The smallest absolute Gasteiger partial charge is 0.132 e. The van der Waals surface area contributed by atoms with Gasteiger partial charge in [0, 0.05) is 16.3 Å². The predicted molar refractivity (Wildman–Crippen MR) is 59.3 cm³/mol. The average molecular weight is 227 g/mol. The quantitative estimate of drug-likeness (QED) is 0.670. The summed E-state index contributed by atoms with van der Waals surface area (Å²) >= 11 is 7.28. The van der Waals surface area contributed by atoms with Gasteiger partial charge >= 0.3 is 0 Å². The molecule has 0 fully saturated rings. The number of benzene rings is 1. The highest BCUT2D eigenvalue weighted by Crippen LogP contribution is 2.31. The molecule has 0 bridgehead atoms. The molecule has 1 aromatic heterocycles. The van der Waals surface area contributed by atoms with Gasteiger partial charge in [-0.25, -0.2) is 4.39 Å². The van der Waals surface area contributed by atoms with Crippen LogP contribution in [0, 0.1) is 5.82 Å². The third-order valence-corrected chi connectivity index (χ3v) is 3.19. The lowest BCUT2D eigenvalue weighted by atomic mass is 10.1. The Morgan fingerprint density at radius 1 is 1.21 bits per heavy atom. The summed E-state index contributed by atoms with van der Waals surface area (Å²) in [6.45, 7) is 0. The maximum absolute atomic E-state index is 13.5. The predicted octanol–water partition coefficient (Wildman–Crippen LogP) is 4.29. The van der Waals surface area contributed by atoms with E-state index in [0.717, 1.165) is 10.4 Å². The van der Waals surface area contributed by atoms with Crippen molar-refractivity contribution in [2.24, 2.45) is 0 Å². The van der Waals surface area contributed by atoms with Crippen LogP contribution in [0.25, 0.3) is 10.4 Å². The van der Waals surface area contributed by atoms with Gasteiger partial charge in [0.2, 0.25) is 0 Å². The molecule has 14 heavy (non-hydrogen) atoms. The molecule has 0 aliphatic rings. The molecular weight excluding hydrogens is 219 g/mol. The van der Waals surface area contributed by atoms with E-state index in [4.69, 9.17) is 11.6 Å². The number of hydrogen-bond donors (Lipinski definition) is 0. The Morgan fingerprint density at radius 3 is 2.71 bits per heavy atom. The van der Waals surface area contributed by atoms with Gasteiger partial charge < -0.3 is 0 Å². The molecule has 72 valence electrons. The lowest BCUT2D eigenvalue weighted by Crippen LogP contribution is -1.88. The second-order valence-corrected chi connectivity index (χ2v) is 4.10. The van der Waals surface area contributed by atoms with Crippen LogP contribution in [0.15, 0.2) is 35.7 Å². The Bertz CT molecular complexity index is 423. The van der Waals surface area contributed by atoms with E-state index >= 15 is 0 Å². The highest BCUT2D eigenvalue weighted by atomic mass is 35.5. The largest absolute Gasteiger partial charge is 0.206 e. The minimum Gasteiger partial charge on any atom is -0.206 e. The molecule has 0 amide bonds. The molecule has 0 nitrogen and oxygen atoms in total. The zero-order chi connectivity index (χ0) is 9.97. The van der Waals surface area contributed by atoms with Crippen LogP contribution >= 0.6 is 22.9 Å². The minimum absolute atomic E-state index is 0.203. The van der Waals surface area contributed by atoms with Crippen LogP contribution in [0.5, 0.6) is 0 Å². The molecule has 0 unspecified atom stereocenters. The third kappa shape index (κ3) is 1.68. The Labute approximate surface area is 91.0 Å². The number of rotatable bonds is 2. The van der Waals surface area contributed by atoms with Crippen molar-refractivity contribution in [2.45, 2.75) is 5.88 Å². The molecule has 0 saturated carbocycles. The molecule has 1 aromatic carbocycles. The van der Waals surface area contributed by atoms with Crippen molar-refractivity contribution in [1.82, 2.24) is 0 Å². The number of alkyl halides is 1. The number of thiophene rings is 1. The van der Waals surface area contributed by atoms with Crippen LogP contribution in [-0.2, 0) is 5.88 Å². The molecule has 0 radical (unpaired) electrons. The van der Waals surface area contributed by atoms with Crippen molar-refractivity contribution in [3.8, 4) is 10.4 Å². The molecule has 2 rings (SSSR count). The van der Waals surface area contributed by atoms with Crippen LogP contribution in [-0.4, -0.2) is 0 Å². The van der Waals surface area contributed by atoms with E-state index in [-0.39, 0.29) is 5.82 Å². The molecule has 0 aliphatic carbocycles. The van der Waals surface area contributed by atoms with Crippen molar-refractivity contribution < 1.29 is 4.39 Å². The summed E-state index contributed by atoms with van der Waals surface area (Å²) in [5.41, 5.74) is 1.48. The zero-order valence-corrected chi connectivity index (χ0v) is 8.91. The third-order valence-electron chi connectivity index (χ3n) is 2.01. The van der Waals surface area contributed by atoms with E-state index in [2.05, 4.69) is 0 Å². The Morgan fingerprint density at radius 2 is 2.07 bits per heavy atom. The highest BCUT2D eigenvalue weighted by Gasteiger charge is 2.10. The molecule has 0 atom stereocenters. The maximum Gasteiger partial charge on any atom is 0.132 e. The van der Waals surface area contributed by atoms with E-state index in [0.29, 0.717) is 11.4 Å². The van der Waals surface area contributed by atoms with Gasteiger partial charge in [0.05, 0.1) is 0 Å². The van der Waals surface area contributed by atoms with Gasteiger partial charge in [-0.2, -0.15) is 0 Å². The molecule has 1 heterocycles. The molecular formula is C11H8ClFS. The monoisotopic (exact) mass is 226 g/mol. The first-order valence-electron chi connectivity index (χ1n) is 4.20. The van der Waals surface area contributed by atoms with Gasteiger partial charge in [0.25, 0.3) is 0 Å². The lowest BCUT2D eigenvalue weighted by Gasteiger charge is -2.05. The molecule has 0 saturated heterocycles. The molecule has 3 heteroatoms. The van der Waals surface area contributed by atoms with Crippen LogP contribution in [0.2, 0.25) is 0 Å². The highest BCUT2D eigenvalue weighted by molar-refractivity contribution is 7.13. The molecule has 0 spiro atoms. The normalized spacial score (nSPS) is 10.4. The Balaban J connectivity index is 2.61. The van der Waals surface area contributed by atoms with Crippen molar-refractivity contribution in [2.75, 3.05) is 0 Å². The summed E-state index contributed by atoms with van der Waals surface area (Å²) in [5, 5.41) is 1.93. The second kappa shape index (κ2) is 4.11. The van der Waals surface area contributed by atoms with Crippen molar-refractivity contribution in [1.29, 1.82) is 0 Å². The van der Waals surface area contributed by atoms with E-state index in [1.807, 2.05) is 23.6 Å². The second-order valence-electron chi connectivity index (χ2n) is 2.88. The fourth-order valence-corrected chi connectivity index (χ4v) is 2.41. The summed E-state index contributed by atoms with van der Waals surface area (Å²) in [6.07, 6.45) is 0. The standard InChI is InChI=1S/C11H8ClFS/c12-7-8-3-1-4-9(13)11(8)10-5-2-6-14-10/h1-6H,7H2. The first-order chi connectivity index (χ1) is 6.83. The lowest BCUT2D eigenvalue weighted by molar-refractivity contribution is 0.630. The van der Waals surface area contributed by atoms with Gasteiger partial charge in [0.1, 0.15) is 5.82 Å². The minimum atomic E-state index is -0.203.